The van der Waals surface area contributed by atoms with Crippen molar-refractivity contribution in [3.05, 3.63) is 65.6 Å². The van der Waals surface area contributed by atoms with E-state index >= 15 is 0 Å². The van der Waals surface area contributed by atoms with Gasteiger partial charge in [-0.2, -0.15) is 4.73 Å². The molecule has 1 aromatic heterocycles. The Kier molecular flexibility index (Phi) is 5.41. The van der Waals surface area contributed by atoms with Crippen molar-refractivity contribution in [3.8, 4) is 0 Å². The topological polar surface area (TPSA) is 108 Å². The molecule has 0 bridgehead atoms. The molecule has 1 saturated heterocycles. The minimum Gasteiger partial charge on any atom is -0.618 e. The van der Waals surface area contributed by atoms with Crippen molar-refractivity contribution >= 4 is 27.4 Å². The number of ether oxygens (including phenoxy) is 1. The molecule has 9 heteroatoms. The molecule has 3 rings (SSSR count). The molecule has 0 aliphatic carbocycles. The summed E-state index contributed by atoms with van der Waals surface area (Å²) in [6, 6.07) is 12.4. The fourth-order valence-electron chi connectivity index (χ4n) is 2.98. The highest BCUT2D eigenvalue weighted by Crippen LogP contribution is 2.24. The first-order valence-corrected chi connectivity index (χ1v) is 10.1. The lowest BCUT2D eigenvalue weighted by atomic mass is 10.2. The lowest BCUT2D eigenvalue weighted by molar-refractivity contribution is -0.608. The Labute approximate surface area is 156 Å². The maximum absolute atomic E-state index is 12.7. The van der Waals surface area contributed by atoms with Gasteiger partial charge in [0.05, 0.1) is 17.5 Å². The van der Waals surface area contributed by atoms with Crippen LogP contribution < -0.4 is 9.63 Å². The first kappa shape index (κ1) is 18.8. The van der Waals surface area contributed by atoms with E-state index in [0.717, 1.165) is 6.20 Å². The van der Waals surface area contributed by atoms with Crippen LogP contribution in [0.25, 0.3) is 0 Å². The summed E-state index contributed by atoms with van der Waals surface area (Å²) in [6.45, 7) is -0.598. The summed E-state index contributed by atoms with van der Waals surface area (Å²) in [5.74, 6) is -1.61. The molecule has 1 amide bonds. The third kappa shape index (κ3) is 4.43. The summed E-state index contributed by atoms with van der Waals surface area (Å²) >= 11 is 0. The van der Waals surface area contributed by atoms with Crippen LogP contribution in [0.2, 0.25) is 0 Å². The number of carbonyl (C=O) groups is 2. The number of hydrogen-bond donors (Lipinski definition) is 0. The average Bonchev–Trinajstić information content (AvgIpc) is 3.00. The van der Waals surface area contributed by atoms with Gasteiger partial charge in [0.15, 0.2) is 22.6 Å². The van der Waals surface area contributed by atoms with E-state index < -0.39 is 34.4 Å². The lowest BCUT2D eigenvalue weighted by Gasteiger charge is -2.28. The molecule has 0 saturated carbocycles. The minimum absolute atomic E-state index is 0.00820. The third-order valence-electron chi connectivity index (χ3n) is 4.24. The van der Waals surface area contributed by atoms with Gasteiger partial charge in [-0.25, -0.2) is 13.2 Å². The lowest BCUT2D eigenvalue weighted by Crippen LogP contribution is -2.44. The number of sulfone groups is 1. The number of para-hydroxylation sites is 1. The first-order chi connectivity index (χ1) is 12.9. The van der Waals surface area contributed by atoms with E-state index in [4.69, 9.17) is 4.74 Å². The summed E-state index contributed by atoms with van der Waals surface area (Å²) in [4.78, 5) is 26.1. The predicted octanol–water partition coefficient (Wildman–Crippen LogP) is 0.697. The largest absolute Gasteiger partial charge is 0.618 e. The number of nitrogens with zero attached hydrogens (tertiary/aromatic N) is 2. The van der Waals surface area contributed by atoms with Crippen LogP contribution >= 0.6 is 0 Å². The van der Waals surface area contributed by atoms with E-state index in [1.54, 1.807) is 30.3 Å². The van der Waals surface area contributed by atoms with Crippen LogP contribution in [0.5, 0.6) is 0 Å². The third-order valence-corrected chi connectivity index (χ3v) is 5.99. The number of pyridine rings is 1. The fourth-order valence-corrected chi connectivity index (χ4v) is 4.68. The molecular weight excluding hydrogens is 372 g/mol. The Morgan fingerprint density at radius 2 is 1.85 bits per heavy atom. The van der Waals surface area contributed by atoms with Crippen LogP contribution in [-0.4, -0.2) is 44.4 Å². The van der Waals surface area contributed by atoms with Crippen LogP contribution in [0.3, 0.4) is 0 Å². The molecule has 1 aromatic carbocycles. The maximum atomic E-state index is 12.7. The molecular formula is C18H18N2O6S. The second-order valence-electron chi connectivity index (χ2n) is 6.14. The first-order valence-electron chi connectivity index (χ1n) is 8.30. The number of amides is 1. The summed E-state index contributed by atoms with van der Waals surface area (Å²) in [5.41, 5.74) is 0.291. The highest BCUT2D eigenvalue weighted by Gasteiger charge is 2.36. The monoisotopic (exact) mass is 390 g/mol. The molecule has 0 spiro atoms. The average molecular weight is 390 g/mol. The van der Waals surface area contributed by atoms with Crippen molar-refractivity contribution < 1.29 is 27.5 Å². The Morgan fingerprint density at radius 3 is 2.48 bits per heavy atom. The van der Waals surface area contributed by atoms with E-state index in [2.05, 4.69) is 0 Å². The highest BCUT2D eigenvalue weighted by atomic mass is 32.2. The van der Waals surface area contributed by atoms with E-state index in [1.807, 2.05) is 0 Å². The molecule has 1 atom stereocenters. The van der Waals surface area contributed by atoms with Crippen molar-refractivity contribution in [2.45, 2.75) is 12.5 Å². The van der Waals surface area contributed by atoms with Crippen molar-refractivity contribution in [2.24, 2.45) is 0 Å². The Balaban J connectivity index is 1.76. The van der Waals surface area contributed by atoms with Gasteiger partial charge in [0.1, 0.15) is 0 Å². The number of hydrogen-bond acceptors (Lipinski definition) is 6. The smallest absolute Gasteiger partial charge is 0.405 e. The second kappa shape index (κ2) is 7.75. The van der Waals surface area contributed by atoms with Crippen LogP contribution in [-0.2, 0) is 19.4 Å². The van der Waals surface area contributed by atoms with Crippen molar-refractivity contribution in [1.29, 1.82) is 0 Å². The van der Waals surface area contributed by atoms with Crippen LogP contribution in [0.1, 0.15) is 16.9 Å². The van der Waals surface area contributed by atoms with Gasteiger partial charge >= 0.3 is 11.7 Å². The summed E-state index contributed by atoms with van der Waals surface area (Å²) in [5, 5.41) is 11.6. The van der Waals surface area contributed by atoms with Crippen LogP contribution in [0.15, 0.2) is 54.7 Å². The molecule has 142 valence electrons. The van der Waals surface area contributed by atoms with Gasteiger partial charge in [-0.15, -0.1) is 0 Å². The van der Waals surface area contributed by atoms with Gasteiger partial charge < -0.3 is 14.8 Å². The van der Waals surface area contributed by atoms with Crippen molar-refractivity contribution in [3.63, 3.8) is 0 Å². The molecule has 0 radical (unpaired) electrons. The normalized spacial score (nSPS) is 18.0. The number of benzene rings is 1. The van der Waals surface area contributed by atoms with E-state index in [0.29, 0.717) is 16.8 Å². The maximum Gasteiger partial charge on any atom is 0.405 e. The second-order valence-corrected chi connectivity index (χ2v) is 8.37. The molecule has 8 nitrogen and oxygen atoms in total. The highest BCUT2D eigenvalue weighted by molar-refractivity contribution is 7.91. The Hall–Kier alpha value is -2.94. The molecule has 2 aromatic rings. The molecule has 1 fully saturated rings. The Morgan fingerprint density at radius 1 is 1.15 bits per heavy atom. The molecule has 1 aliphatic rings. The SMILES string of the molecule is O=C(OCC(=O)N(c1ccccc1)[C@@H]1CCS(=O)(=O)C1)c1cccc[n+]1[O-]. The zero-order valence-corrected chi connectivity index (χ0v) is 15.2. The van der Waals surface area contributed by atoms with Crippen LogP contribution in [0, 0.1) is 5.21 Å². The molecule has 0 unspecified atom stereocenters. The summed E-state index contributed by atoms with van der Waals surface area (Å²) in [7, 11) is -3.21. The summed E-state index contributed by atoms with van der Waals surface area (Å²) in [6.07, 6.45) is 1.47. The predicted molar refractivity (Wildman–Crippen MR) is 96.7 cm³/mol. The number of esters is 1. The summed E-state index contributed by atoms with van der Waals surface area (Å²) < 4.78 is 29.0. The number of rotatable bonds is 5. The standard InChI is InChI=1S/C18H18N2O6S/c21-17(12-26-18(22)16-8-4-5-10-19(16)23)20(14-6-2-1-3-7-14)15-9-11-27(24,25)13-15/h1-8,10,15H,9,11-13H2/t15-/m1/s1. The molecule has 27 heavy (non-hydrogen) atoms. The van der Waals surface area contributed by atoms with Gasteiger partial charge in [-0.1, -0.05) is 18.2 Å². The van der Waals surface area contributed by atoms with Gasteiger partial charge in [0.25, 0.3) is 5.91 Å². The van der Waals surface area contributed by atoms with E-state index in [1.165, 1.54) is 23.1 Å². The molecule has 1 aliphatic heterocycles. The van der Waals surface area contributed by atoms with E-state index in [9.17, 15) is 23.2 Å². The number of carbonyl (C=O) groups excluding carboxylic acids is 2. The quantitative estimate of drug-likeness (QED) is 0.422. The van der Waals surface area contributed by atoms with Crippen LogP contribution in [0.4, 0.5) is 5.69 Å². The van der Waals surface area contributed by atoms with Gasteiger partial charge in [0, 0.05) is 17.8 Å². The zero-order valence-electron chi connectivity index (χ0n) is 14.4. The zero-order chi connectivity index (χ0) is 19.4. The molecule has 2 heterocycles. The van der Waals surface area contributed by atoms with Crippen molar-refractivity contribution in [1.82, 2.24) is 0 Å². The fraction of sp³-hybridized carbons (Fsp3) is 0.278. The molecule has 0 N–H and O–H groups in total. The van der Waals surface area contributed by atoms with E-state index in [-0.39, 0.29) is 17.2 Å². The number of anilines is 1. The van der Waals surface area contributed by atoms with Gasteiger partial charge in [-0.05, 0) is 24.6 Å². The number of aromatic nitrogens is 1. The van der Waals surface area contributed by atoms with Gasteiger partial charge in [-0.3, -0.25) is 4.79 Å². The van der Waals surface area contributed by atoms with Gasteiger partial charge in [0.2, 0.25) is 0 Å². The minimum atomic E-state index is -3.21. The van der Waals surface area contributed by atoms with Crippen molar-refractivity contribution in [2.75, 3.05) is 23.0 Å². The Bertz CT molecular complexity index is 945.